The number of aryl methyl sites for hydroxylation is 2. The van der Waals surface area contributed by atoms with Crippen LogP contribution < -0.4 is 10.1 Å². The summed E-state index contributed by atoms with van der Waals surface area (Å²) in [4.78, 5) is 28.8. The molecule has 9 heteroatoms. The van der Waals surface area contributed by atoms with Crippen LogP contribution in [0.2, 0.25) is 0 Å². The van der Waals surface area contributed by atoms with E-state index in [0.29, 0.717) is 18.1 Å². The molecule has 0 fully saturated rings. The van der Waals surface area contributed by atoms with Crippen LogP contribution in [0.1, 0.15) is 33.5 Å². The molecule has 0 bridgehead atoms. The van der Waals surface area contributed by atoms with E-state index < -0.39 is 5.97 Å². The molecule has 1 N–H and O–H groups in total. The second-order valence-electron chi connectivity index (χ2n) is 6.31. The van der Waals surface area contributed by atoms with Gasteiger partial charge in [-0.25, -0.2) is 9.78 Å². The lowest BCUT2D eigenvalue weighted by Crippen LogP contribution is -2.19. The molecule has 152 valence electrons. The van der Waals surface area contributed by atoms with Crippen molar-refractivity contribution in [1.29, 1.82) is 0 Å². The predicted octanol–water partition coefficient (Wildman–Crippen LogP) is 3.12. The number of benzene rings is 1. The van der Waals surface area contributed by atoms with Crippen LogP contribution in [0, 0.1) is 6.92 Å². The van der Waals surface area contributed by atoms with Gasteiger partial charge in [0.2, 0.25) is 5.91 Å². The molecule has 0 radical (unpaired) electrons. The highest BCUT2D eigenvalue weighted by Gasteiger charge is 2.19. The summed E-state index contributed by atoms with van der Waals surface area (Å²) < 4.78 is 12.1. The smallest absolute Gasteiger partial charge is 0.343 e. The second kappa shape index (κ2) is 9.33. The summed E-state index contributed by atoms with van der Waals surface area (Å²) in [6.07, 6.45) is 1.45. The molecule has 2 aromatic heterocycles. The normalized spacial score (nSPS) is 10.6. The molecule has 3 rings (SSSR count). The number of hydrogen-bond acceptors (Lipinski definition) is 7. The van der Waals surface area contributed by atoms with Gasteiger partial charge in [0.05, 0.1) is 24.9 Å². The van der Waals surface area contributed by atoms with Gasteiger partial charge in [0.1, 0.15) is 28.7 Å². The van der Waals surface area contributed by atoms with Crippen molar-refractivity contribution in [1.82, 2.24) is 14.8 Å². The number of carbonyl (C=O) groups excluding carboxylic acids is 2. The summed E-state index contributed by atoms with van der Waals surface area (Å²) in [7, 11) is 1.64. The van der Waals surface area contributed by atoms with Gasteiger partial charge in [-0.1, -0.05) is 17.7 Å². The van der Waals surface area contributed by atoms with Gasteiger partial charge >= 0.3 is 5.97 Å². The number of ether oxygens (including phenoxy) is 2. The molecule has 2 heterocycles. The van der Waals surface area contributed by atoms with Crippen LogP contribution in [0.25, 0.3) is 0 Å². The Hall–Kier alpha value is -3.20. The Morgan fingerprint density at radius 3 is 2.72 bits per heavy atom. The van der Waals surface area contributed by atoms with Crippen LogP contribution in [0.4, 0.5) is 5.82 Å². The molecule has 0 saturated carbocycles. The summed E-state index contributed by atoms with van der Waals surface area (Å²) >= 11 is 1.43. The number of carbonyl (C=O) groups is 2. The fourth-order valence-corrected chi connectivity index (χ4v) is 3.27. The first kappa shape index (κ1) is 20.5. The Bertz CT molecular complexity index is 994. The van der Waals surface area contributed by atoms with Gasteiger partial charge in [-0.05, 0) is 26.0 Å². The van der Waals surface area contributed by atoms with Crippen LogP contribution in [0.5, 0.6) is 5.75 Å². The minimum absolute atomic E-state index is 0.0779. The maximum Gasteiger partial charge on any atom is 0.343 e. The molecule has 0 aliphatic carbocycles. The summed E-state index contributed by atoms with van der Waals surface area (Å²) in [6.45, 7) is 4.31. The standard InChI is InChI=1S/C20H22N4O4S/c1-4-27-20(26)16-10-21-24(3)19(16)23-17(25)9-14-12-29-18(22-14)11-28-15-7-5-13(2)6-8-15/h5-8,10,12H,4,9,11H2,1-3H3,(H,23,25). The van der Waals surface area contributed by atoms with Crippen molar-refractivity contribution in [2.75, 3.05) is 11.9 Å². The molecule has 8 nitrogen and oxygen atoms in total. The van der Waals surface area contributed by atoms with E-state index in [4.69, 9.17) is 9.47 Å². The van der Waals surface area contributed by atoms with Crippen molar-refractivity contribution in [3.63, 3.8) is 0 Å². The van der Waals surface area contributed by atoms with E-state index in [1.807, 2.05) is 36.6 Å². The third-order valence-corrected chi connectivity index (χ3v) is 4.89. The second-order valence-corrected chi connectivity index (χ2v) is 7.25. The van der Waals surface area contributed by atoms with E-state index >= 15 is 0 Å². The Morgan fingerprint density at radius 1 is 1.24 bits per heavy atom. The van der Waals surface area contributed by atoms with Gasteiger partial charge in [0.15, 0.2) is 0 Å². The molecular formula is C20H22N4O4S. The number of rotatable bonds is 8. The molecule has 0 spiro atoms. The largest absolute Gasteiger partial charge is 0.486 e. The molecule has 3 aromatic rings. The first-order valence-corrected chi connectivity index (χ1v) is 9.96. The van der Waals surface area contributed by atoms with Crippen molar-refractivity contribution in [2.45, 2.75) is 26.9 Å². The van der Waals surface area contributed by atoms with Crippen molar-refractivity contribution in [2.24, 2.45) is 7.05 Å². The van der Waals surface area contributed by atoms with Crippen molar-refractivity contribution in [3.8, 4) is 5.75 Å². The number of amides is 1. The lowest BCUT2D eigenvalue weighted by atomic mass is 10.2. The average Bonchev–Trinajstić information content (AvgIpc) is 3.28. The maximum atomic E-state index is 12.4. The minimum Gasteiger partial charge on any atom is -0.486 e. The number of nitrogens with one attached hydrogen (secondary N) is 1. The molecule has 0 saturated heterocycles. The third kappa shape index (κ3) is 5.41. The van der Waals surface area contributed by atoms with E-state index in [2.05, 4.69) is 15.4 Å². The van der Waals surface area contributed by atoms with Crippen LogP contribution in [-0.2, 0) is 29.6 Å². The topological polar surface area (TPSA) is 95.3 Å². The minimum atomic E-state index is -0.528. The zero-order chi connectivity index (χ0) is 20.8. The highest BCUT2D eigenvalue weighted by molar-refractivity contribution is 7.09. The van der Waals surface area contributed by atoms with Crippen LogP contribution in [0.3, 0.4) is 0 Å². The monoisotopic (exact) mass is 414 g/mol. The first-order chi connectivity index (χ1) is 14.0. The molecule has 29 heavy (non-hydrogen) atoms. The molecule has 1 amide bonds. The molecule has 0 atom stereocenters. The molecular weight excluding hydrogens is 392 g/mol. The van der Waals surface area contributed by atoms with E-state index in [9.17, 15) is 9.59 Å². The zero-order valence-corrected chi connectivity index (χ0v) is 17.3. The summed E-state index contributed by atoms with van der Waals surface area (Å²) in [5, 5.41) is 9.33. The van der Waals surface area contributed by atoms with Gasteiger partial charge < -0.3 is 14.8 Å². The molecule has 1 aromatic carbocycles. The Labute approximate surface area is 172 Å². The molecule has 0 unspecified atom stereocenters. The lowest BCUT2D eigenvalue weighted by molar-refractivity contribution is -0.115. The summed E-state index contributed by atoms with van der Waals surface area (Å²) in [5.41, 5.74) is 2.02. The van der Waals surface area contributed by atoms with Crippen LogP contribution in [-0.4, -0.2) is 33.2 Å². The number of aromatic nitrogens is 3. The van der Waals surface area contributed by atoms with Gasteiger partial charge in [-0.15, -0.1) is 11.3 Å². The Balaban J connectivity index is 1.57. The third-order valence-electron chi connectivity index (χ3n) is 4.02. The summed E-state index contributed by atoms with van der Waals surface area (Å²) in [5.74, 6) is 0.245. The summed E-state index contributed by atoms with van der Waals surface area (Å²) in [6, 6.07) is 7.78. The van der Waals surface area contributed by atoms with Crippen molar-refractivity contribution >= 4 is 29.0 Å². The van der Waals surface area contributed by atoms with E-state index in [-0.39, 0.29) is 24.5 Å². The fourth-order valence-electron chi connectivity index (χ4n) is 2.56. The van der Waals surface area contributed by atoms with Crippen molar-refractivity contribution < 1.29 is 19.1 Å². The Kier molecular flexibility index (Phi) is 6.61. The quantitative estimate of drug-likeness (QED) is 0.569. The van der Waals surface area contributed by atoms with Crippen molar-refractivity contribution in [3.05, 3.63) is 57.7 Å². The number of nitrogens with zero attached hydrogens (tertiary/aromatic N) is 3. The lowest BCUT2D eigenvalue weighted by Gasteiger charge is -2.07. The predicted molar refractivity (Wildman–Crippen MR) is 109 cm³/mol. The molecule has 0 aliphatic rings. The maximum absolute atomic E-state index is 12.4. The molecule has 0 aliphatic heterocycles. The fraction of sp³-hybridized carbons (Fsp3) is 0.300. The average molecular weight is 414 g/mol. The van der Waals surface area contributed by atoms with Gasteiger partial charge in [-0.3, -0.25) is 9.48 Å². The number of esters is 1. The van der Waals surface area contributed by atoms with E-state index in [0.717, 1.165) is 10.8 Å². The zero-order valence-electron chi connectivity index (χ0n) is 16.5. The Morgan fingerprint density at radius 2 is 2.00 bits per heavy atom. The highest BCUT2D eigenvalue weighted by atomic mass is 32.1. The SMILES string of the molecule is CCOC(=O)c1cnn(C)c1NC(=O)Cc1csc(COc2ccc(C)cc2)n1. The van der Waals surface area contributed by atoms with E-state index in [1.54, 1.807) is 14.0 Å². The number of anilines is 1. The number of thiazole rings is 1. The number of hydrogen-bond donors (Lipinski definition) is 1. The van der Waals surface area contributed by atoms with Gasteiger partial charge in [-0.2, -0.15) is 5.10 Å². The first-order valence-electron chi connectivity index (χ1n) is 9.08. The highest BCUT2D eigenvalue weighted by Crippen LogP contribution is 2.18. The van der Waals surface area contributed by atoms with Gasteiger partial charge in [0.25, 0.3) is 0 Å². The van der Waals surface area contributed by atoms with Gasteiger partial charge in [0, 0.05) is 12.4 Å². The van der Waals surface area contributed by atoms with Crippen LogP contribution in [0.15, 0.2) is 35.8 Å². The van der Waals surface area contributed by atoms with E-state index in [1.165, 1.54) is 27.8 Å². The van der Waals surface area contributed by atoms with Crippen LogP contribution >= 0.6 is 11.3 Å².